The second-order valence-corrected chi connectivity index (χ2v) is 8.47. The number of carbonyl (C=O) groups excluding carboxylic acids is 2. The van der Waals surface area contributed by atoms with Crippen molar-refractivity contribution >= 4 is 44.9 Å². The second-order valence-electron chi connectivity index (χ2n) is 7.55. The summed E-state index contributed by atoms with van der Waals surface area (Å²) in [6.45, 7) is 2.30. The molecule has 0 spiro atoms. The summed E-state index contributed by atoms with van der Waals surface area (Å²) in [5.74, 6) is -0.293. The maximum Gasteiger partial charge on any atom is 0.275 e. The number of H-pyrrole nitrogens is 1. The van der Waals surface area contributed by atoms with Crippen LogP contribution in [0.5, 0.6) is 0 Å². The Morgan fingerprint density at radius 2 is 2.00 bits per heavy atom. The van der Waals surface area contributed by atoms with Crippen LogP contribution in [0.15, 0.2) is 58.1 Å². The van der Waals surface area contributed by atoms with E-state index < -0.39 is 5.54 Å². The number of aromatic nitrogens is 1. The van der Waals surface area contributed by atoms with Gasteiger partial charge in [0.25, 0.3) is 5.91 Å². The van der Waals surface area contributed by atoms with Crippen molar-refractivity contribution in [3.8, 4) is 0 Å². The van der Waals surface area contributed by atoms with Crippen LogP contribution in [-0.4, -0.2) is 46.0 Å². The number of aromatic amines is 1. The number of hydrazone groups is 1. The van der Waals surface area contributed by atoms with E-state index in [-0.39, 0.29) is 18.4 Å². The van der Waals surface area contributed by atoms with Crippen molar-refractivity contribution < 1.29 is 9.59 Å². The standard InChI is InChI=1S/C22H19BrN4O2/c1-22-20-17(16-7-2-3-8-18(16)25-20)9-10-26(22)19(28)13-27(21(22)29)24-12-14-5-4-6-15(23)11-14/h2-8,11-12,25H,9-10,13H2,1H3/t22-/m1/s1. The van der Waals surface area contributed by atoms with E-state index >= 15 is 0 Å². The molecular formula is C22H19BrN4O2. The van der Waals surface area contributed by atoms with Crippen LogP contribution in [0.1, 0.15) is 23.7 Å². The molecule has 6 nitrogen and oxygen atoms in total. The van der Waals surface area contributed by atoms with Gasteiger partial charge in [0.05, 0.1) is 11.9 Å². The topological polar surface area (TPSA) is 68.8 Å². The molecule has 1 fully saturated rings. The van der Waals surface area contributed by atoms with Gasteiger partial charge in [-0.2, -0.15) is 5.10 Å². The first-order valence-corrected chi connectivity index (χ1v) is 10.3. The highest BCUT2D eigenvalue weighted by molar-refractivity contribution is 9.10. The Bertz CT molecular complexity index is 1180. The molecule has 29 heavy (non-hydrogen) atoms. The average molecular weight is 451 g/mol. The fraction of sp³-hybridized carbons (Fsp3) is 0.227. The molecule has 3 heterocycles. The number of para-hydroxylation sites is 1. The summed E-state index contributed by atoms with van der Waals surface area (Å²) in [5, 5.41) is 6.77. The number of halogens is 1. The Balaban J connectivity index is 1.57. The highest BCUT2D eigenvalue weighted by Gasteiger charge is 2.54. The molecule has 0 bridgehead atoms. The molecule has 146 valence electrons. The summed E-state index contributed by atoms with van der Waals surface area (Å²) < 4.78 is 0.927. The lowest BCUT2D eigenvalue weighted by molar-refractivity contribution is -0.165. The predicted molar refractivity (Wildman–Crippen MR) is 115 cm³/mol. The van der Waals surface area contributed by atoms with Crippen LogP contribution in [0.4, 0.5) is 0 Å². The maximum atomic E-state index is 13.5. The van der Waals surface area contributed by atoms with Crippen molar-refractivity contribution in [1.29, 1.82) is 0 Å². The van der Waals surface area contributed by atoms with E-state index in [0.29, 0.717) is 6.54 Å². The third-order valence-electron chi connectivity index (χ3n) is 5.86. The largest absolute Gasteiger partial charge is 0.356 e. The van der Waals surface area contributed by atoms with E-state index in [1.807, 2.05) is 49.4 Å². The molecule has 2 aliphatic heterocycles. The van der Waals surface area contributed by atoms with Crippen LogP contribution in [0.3, 0.4) is 0 Å². The molecule has 2 aromatic carbocycles. The van der Waals surface area contributed by atoms with Gasteiger partial charge in [-0.05, 0) is 42.7 Å². The number of hydrogen-bond donors (Lipinski definition) is 1. The lowest BCUT2D eigenvalue weighted by atomic mass is 9.83. The molecule has 1 aromatic heterocycles. The van der Waals surface area contributed by atoms with Gasteiger partial charge in [-0.15, -0.1) is 0 Å². The smallest absolute Gasteiger partial charge is 0.275 e. The van der Waals surface area contributed by atoms with Crippen LogP contribution in [0, 0.1) is 0 Å². The Hall–Kier alpha value is -2.93. The van der Waals surface area contributed by atoms with Crippen molar-refractivity contribution in [2.45, 2.75) is 18.9 Å². The molecule has 2 aliphatic rings. The molecule has 1 saturated heterocycles. The van der Waals surface area contributed by atoms with Gasteiger partial charge in [-0.1, -0.05) is 46.3 Å². The molecule has 7 heteroatoms. The van der Waals surface area contributed by atoms with Crippen molar-refractivity contribution in [3.05, 3.63) is 69.8 Å². The number of nitrogens with zero attached hydrogens (tertiary/aromatic N) is 3. The van der Waals surface area contributed by atoms with E-state index in [4.69, 9.17) is 0 Å². The molecule has 2 amide bonds. The monoisotopic (exact) mass is 450 g/mol. The molecule has 0 aliphatic carbocycles. The lowest BCUT2D eigenvalue weighted by Crippen LogP contribution is -2.65. The summed E-state index contributed by atoms with van der Waals surface area (Å²) in [6, 6.07) is 15.6. The third-order valence-corrected chi connectivity index (χ3v) is 6.35. The first kappa shape index (κ1) is 18.1. The average Bonchev–Trinajstić information content (AvgIpc) is 3.10. The Labute approximate surface area is 176 Å². The van der Waals surface area contributed by atoms with Crippen molar-refractivity contribution in [3.63, 3.8) is 0 Å². The van der Waals surface area contributed by atoms with Gasteiger partial charge in [0.2, 0.25) is 5.91 Å². The summed E-state index contributed by atoms with van der Waals surface area (Å²) in [4.78, 5) is 31.6. The Kier molecular flexibility index (Phi) is 4.10. The molecule has 0 unspecified atom stereocenters. The third kappa shape index (κ3) is 2.72. The minimum atomic E-state index is -1.09. The number of rotatable bonds is 2. The fourth-order valence-electron chi connectivity index (χ4n) is 4.41. The molecule has 5 rings (SSSR count). The van der Waals surface area contributed by atoms with Crippen LogP contribution >= 0.6 is 15.9 Å². The van der Waals surface area contributed by atoms with Gasteiger partial charge in [-0.3, -0.25) is 9.59 Å². The second kappa shape index (κ2) is 6.56. The fourth-order valence-corrected chi connectivity index (χ4v) is 4.82. The first-order chi connectivity index (χ1) is 14.0. The van der Waals surface area contributed by atoms with Gasteiger partial charge in [0, 0.05) is 21.9 Å². The quantitative estimate of drug-likeness (QED) is 0.607. The van der Waals surface area contributed by atoms with E-state index in [0.717, 1.165) is 38.6 Å². The number of piperazine rings is 1. The van der Waals surface area contributed by atoms with E-state index in [9.17, 15) is 9.59 Å². The van der Waals surface area contributed by atoms with Crippen molar-refractivity contribution in [2.75, 3.05) is 13.1 Å². The zero-order chi connectivity index (χ0) is 20.2. The summed E-state index contributed by atoms with van der Waals surface area (Å²) in [6.07, 6.45) is 2.35. The molecule has 0 radical (unpaired) electrons. The molecule has 0 saturated carbocycles. The van der Waals surface area contributed by atoms with Gasteiger partial charge in [-0.25, -0.2) is 5.01 Å². The highest BCUT2D eigenvalue weighted by atomic mass is 79.9. The van der Waals surface area contributed by atoms with Crippen LogP contribution in [-0.2, 0) is 21.5 Å². The summed E-state index contributed by atoms with van der Waals surface area (Å²) in [5.41, 5.74) is 2.65. The van der Waals surface area contributed by atoms with Crippen LogP contribution in [0.2, 0.25) is 0 Å². The minimum Gasteiger partial charge on any atom is -0.356 e. The van der Waals surface area contributed by atoms with Crippen LogP contribution in [0.25, 0.3) is 10.9 Å². The number of hydrogen-bond acceptors (Lipinski definition) is 3. The number of carbonyl (C=O) groups is 2. The van der Waals surface area contributed by atoms with Crippen molar-refractivity contribution in [2.24, 2.45) is 5.10 Å². The molecule has 1 atom stereocenters. The van der Waals surface area contributed by atoms with Gasteiger partial charge in [0.1, 0.15) is 6.54 Å². The zero-order valence-corrected chi connectivity index (χ0v) is 17.4. The van der Waals surface area contributed by atoms with Gasteiger partial charge < -0.3 is 9.88 Å². The Morgan fingerprint density at radius 3 is 2.83 bits per heavy atom. The number of benzene rings is 2. The van der Waals surface area contributed by atoms with Gasteiger partial charge in [0.15, 0.2) is 5.54 Å². The zero-order valence-electron chi connectivity index (χ0n) is 15.9. The summed E-state index contributed by atoms with van der Waals surface area (Å²) >= 11 is 3.43. The normalized spacial score (nSPS) is 21.7. The predicted octanol–water partition coefficient (Wildman–Crippen LogP) is 3.41. The maximum absolute atomic E-state index is 13.5. The highest BCUT2D eigenvalue weighted by Crippen LogP contribution is 2.41. The Morgan fingerprint density at radius 1 is 1.17 bits per heavy atom. The van der Waals surface area contributed by atoms with Crippen LogP contribution < -0.4 is 0 Å². The van der Waals surface area contributed by atoms with Gasteiger partial charge >= 0.3 is 0 Å². The van der Waals surface area contributed by atoms with E-state index in [1.165, 1.54) is 5.01 Å². The minimum absolute atomic E-state index is 0.0471. The molecular weight excluding hydrogens is 432 g/mol. The lowest BCUT2D eigenvalue weighted by Gasteiger charge is -2.48. The number of nitrogens with one attached hydrogen (secondary N) is 1. The number of fused-ring (bicyclic) bond motifs is 5. The SMILES string of the molecule is C[C@@]12C(=O)N(N=Cc3cccc(Br)c3)CC(=O)N1CCc1c2[nH]c2ccccc12. The number of amides is 2. The van der Waals surface area contributed by atoms with E-state index in [2.05, 4.69) is 32.1 Å². The molecule has 3 aromatic rings. The summed E-state index contributed by atoms with van der Waals surface area (Å²) in [7, 11) is 0. The molecule has 1 N–H and O–H groups in total. The first-order valence-electron chi connectivity index (χ1n) is 9.50. The van der Waals surface area contributed by atoms with E-state index in [1.54, 1.807) is 11.1 Å². The van der Waals surface area contributed by atoms with Crippen molar-refractivity contribution in [1.82, 2.24) is 14.9 Å².